The number of rotatable bonds is 5. The molecule has 0 fully saturated rings. The molecule has 1 aromatic heterocycles. The van der Waals surface area contributed by atoms with E-state index in [0.717, 1.165) is 17.9 Å². The van der Waals surface area contributed by atoms with Gasteiger partial charge in [0.2, 0.25) is 0 Å². The number of aromatic nitrogens is 2. The van der Waals surface area contributed by atoms with E-state index in [0.29, 0.717) is 41.0 Å². The number of carbonyl (C=O) groups excluding carboxylic acids is 2. The number of nitrogens with two attached hydrogens (primary N) is 1. The summed E-state index contributed by atoms with van der Waals surface area (Å²) in [6.45, 7) is 0. The van der Waals surface area contributed by atoms with Crippen molar-refractivity contribution in [2.45, 2.75) is 17.7 Å². The first-order valence-corrected chi connectivity index (χ1v) is 13.4. The summed E-state index contributed by atoms with van der Waals surface area (Å²) in [5.41, 5.74) is 9.26. The Bertz CT molecular complexity index is 1680. The van der Waals surface area contributed by atoms with Crippen LogP contribution in [0, 0.1) is 5.82 Å². The van der Waals surface area contributed by atoms with Gasteiger partial charge in [-0.1, -0.05) is 23.7 Å². The summed E-state index contributed by atoms with van der Waals surface area (Å²) >= 11 is 6.04. The number of anilines is 1. The predicted octanol–water partition coefficient (Wildman–Crippen LogP) is 4.19. The van der Waals surface area contributed by atoms with Gasteiger partial charge in [-0.25, -0.2) is 17.5 Å². The number of benzene rings is 3. The first-order chi connectivity index (χ1) is 17.5. The highest BCUT2D eigenvalue weighted by atomic mass is 35.5. The van der Waals surface area contributed by atoms with Crippen LogP contribution < -0.4 is 11.1 Å². The van der Waals surface area contributed by atoms with Crippen LogP contribution in [0.25, 0.3) is 16.9 Å². The van der Waals surface area contributed by atoms with Crippen molar-refractivity contribution >= 4 is 38.9 Å². The van der Waals surface area contributed by atoms with Crippen LogP contribution in [0.5, 0.6) is 0 Å². The second kappa shape index (κ2) is 9.13. The lowest BCUT2D eigenvalue weighted by Gasteiger charge is -2.20. The van der Waals surface area contributed by atoms with E-state index in [1.54, 1.807) is 28.9 Å². The zero-order valence-corrected chi connectivity index (χ0v) is 21.0. The maximum atomic E-state index is 14.3. The van der Waals surface area contributed by atoms with Crippen LogP contribution in [0.4, 0.5) is 10.1 Å². The third-order valence-electron chi connectivity index (χ3n) is 6.18. The first-order valence-electron chi connectivity index (χ1n) is 11.2. The fourth-order valence-corrected chi connectivity index (χ4v) is 5.32. The summed E-state index contributed by atoms with van der Waals surface area (Å²) in [5.74, 6) is -2.14. The summed E-state index contributed by atoms with van der Waals surface area (Å²) in [4.78, 5) is 25.2. The standard InChI is InChI=1S/C26H20ClFN4O4S/c1-37(35,36)17-10-8-16(9-11-17)32-24-18(23(31-32)25(29)33)12-6-14-5-7-15(13-19(14)24)30-26(34)22-20(27)3-2-4-21(22)28/h2-5,7-11,13H,6,12H2,1H3,(H2,29,33)(H,30,34). The average molecular weight is 539 g/mol. The molecule has 0 radical (unpaired) electrons. The van der Waals surface area contributed by atoms with Crippen molar-refractivity contribution in [3.8, 4) is 16.9 Å². The Balaban J connectivity index is 1.61. The highest BCUT2D eigenvalue weighted by Crippen LogP contribution is 2.38. The second-order valence-electron chi connectivity index (χ2n) is 8.64. The molecule has 1 aliphatic carbocycles. The van der Waals surface area contributed by atoms with E-state index >= 15 is 0 Å². The monoisotopic (exact) mass is 538 g/mol. The van der Waals surface area contributed by atoms with Crippen LogP contribution in [0.2, 0.25) is 5.02 Å². The van der Waals surface area contributed by atoms with Crippen molar-refractivity contribution in [1.82, 2.24) is 9.78 Å². The molecule has 1 heterocycles. The Morgan fingerprint density at radius 2 is 1.81 bits per heavy atom. The molecule has 0 unspecified atom stereocenters. The van der Waals surface area contributed by atoms with Crippen LogP contribution in [-0.4, -0.2) is 36.3 Å². The van der Waals surface area contributed by atoms with E-state index in [4.69, 9.17) is 17.3 Å². The minimum Gasteiger partial charge on any atom is -0.364 e. The highest BCUT2D eigenvalue weighted by molar-refractivity contribution is 7.90. The molecule has 8 nitrogen and oxygen atoms in total. The Labute approximate surface area is 216 Å². The molecule has 5 rings (SSSR count). The van der Waals surface area contributed by atoms with Gasteiger partial charge in [-0.2, -0.15) is 5.10 Å². The molecule has 4 aromatic rings. The van der Waals surface area contributed by atoms with Gasteiger partial charge in [0, 0.05) is 23.1 Å². The van der Waals surface area contributed by atoms with E-state index in [1.165, 1.54) is 24.3 Å². The fourth-order valence-electron chi connectivity index (χ4n) is 4.44. The molecule has 0 saturated heterocycles. The molecule has 1 aliphatic rings. The van der Waals surface area contributed by atoms with Gasteiger partial charge in [-0.05, 0) is 66.9 Å². The van der Waals surface area contributed by atoms with Gasteiger partial charge in [0.1, 0.15) is 5.82 Å². The molecule has 0 spiro atoms. The van der Waals surface area contributed by atoms with Gasteiger partial charge >= 0.3 is 0 Å². The van der Waals surface area contributed by atoms with Crippen molar-refractivity contribution in [2.24, 2.45) is 5.73 Å². The van der Waals surface area contributed by atoms with Gasteiger partial charge in [-0.3, -0.25) is 9.59 Å². The van der Waals surface area contributed by atoms with Crippen molar-refractivity contribution in [2.75, 3.05) is 11.6 Å². The highest BCUT2D eigenvalue weighted by Gasteiger charge is 2.29. The normalized spacial score (nSPS) is 12.5. The van der Waals surface area contributed by atoms with Crippen LogP contribution in [0.1, 0.15) is 32.0 Å². The van der Waals surface area contributed by atoms with Crippen molar-refractivity contribution in [3.63, 3.8) is 0 Å². The Morgan fingerprint density at radius 3 is 2.46 bits per heavy atom. The number of sulfone groups is 1. The molecule has 0 aliphatic heterocycles. The number of hydrogen-bond donors (Lipinski definition) is 2. The number of hydrogen-bond acceptors (Lipinski definition) is 5. The van der Waals surface area contributed by atoms with Gasteiger partial charge in [-0.15, -0.1) is 0 Å². The Morgan fingerprint density at radius 1 is 1.08 bits per heavy atom. The van der Waals surface area contributed by atoms with Gasteiger partial charge in [0.15, 0.2) is 15.5 Å². The topological polar surface area (TPSA) is 124 Å². The SMILES string of the molecule is CS(=O)(=O)c1ccc(-n2nc(C(N)=O)c3c2-c2cc(NC(=O)c4c(F)cccc4Cl)ccc2CC3)cc1. The number of nitrogens with zero attached hydrogens (tertiary/aromatic N) is 2. The molecule has 3 N–H and O–H groups in total. The fraction of sp³-hybridized carbons (Fsp3) is 0.115. The second-order valence-corrected chi connectivity index (χ2v) is 11.1. The van der Waals surface area contributed by atoms with Crippen molar-refractivity contribution < 1.29 is 22.4 Å². The number of nitrogens with one attached hydrogen (secondary N) is 1. The molecule has 0 bridgehead atoms. The first kappa shape index (κ1) is 24.7. The smallest absolute Gasteiger partial charge is 0.269 e. The Kier molecular flexibility index (Phi) is 6.09. The quantitative estimate of drug-likeness (QED) is 0.394. The van der Waals surface area contributed by atoms with E-state index < -0.39 is 27.5 Å². The molecule has 2 amide bonds. The van der Waals surface area contributed by atoms with Crippen LogP contribution >= 0.6 is 11.6 Å². The van der Waals surface area contributed by atoms with Crippen LogP contribution in [-0.2, 0) is 22.7 Å². The lowest BCUT2D eigenvalue weighted by atomic mass is 9.88. The van der Waals surface area contributed by atoms with Gasteiger partial charge in [0.05, 0.1) is 26.9 Å². The van der Waals surface area contributed by atoms with Gasteiger partial charge in [0.25, 0.3) is 11.8 Å². The number of halogens is 2. The lowest BCUT2D eigenvalue weighted by Crippen LogP contribution is -2.16. The number of primary amides is 1. The van der Waals surface area contributed by atoms with E-state index in [1.807, 2.05) is 6.07 Å². The summed E-state index contributed by atoms with van der Waals surface area (Å²) in [6, 6.07) is 15.3. The van der Waals surface area contributed by atoms with E-state index in [2.05, 4.69) is 10.4 Å². The molecule has 188 valence electrons. The number of amides is 2. The van der Waals surface area contributed by atoms with Gasteiger partial charge < -0.3 is 11.1 Å². The molecular weight excluding hydrogens is 519 g/mol. The van der Waals surface area contributed by atoms with Crippen LogP contribution in [0.15, 0.2) is 65.6 Å². The number of aryl methyl sites for hydroxylation is 1. The zero-order chi connectivity index (χ0) is 26.5. The maximum absolute atomic E-state index is 14.3. The summed E-state index contributed by atoms with van der Waals surface area (Å²) in [7, 11) is -3.40. The minimum atomic E-state index is -3.40. The van der Waals surface area contributed by atoms with E-state index in [-0.39, 0.29) is 21.2 Å². The molecule has 11 heteroatoms. The van der Waals surface area contributed by atoms with Crippen molar-refractivity contribution in [3.05, 3.63) is 93.9 Å². The van der Waals surface area contributed by atoms with Crippen molar-refractivity contribution in [1.29, 1.82) is 0 Å². The van der Waals surface area contributed by atoms with Crippen LogP contribution in [0.3, 0.4) is 0 Å². The third-order valence-corrected chi connectivity index (χ3v) is 7.63. The number of fused-ring (bicyclic) bond motifs is 3. The summed E-state index contributed by atoms with van der Waals surface area (Å²) in [6.07, 6.45) is 2.23. The Hall–Kier alpha value is -4.02. The summed E-state index contributed by atoms with van der Waals surface area (Å²) < 4.78 is 39.6. The lowest BCUT2D eigenvalue weighted by molar-refractivity contribution is 0.0991. The molecule has 37 heavy (non-hydrogen) atoms. The maximum Gasteiger partial charge on any atom is 0.269 e. The molecule has 3 aromatic carbocycles. The molecule has 0 saturated carbocycles. The average Bonchev–Trinajstić information content (AvgIpc) is 3.24. The molecular formula is C26H20ClFN4O4S. The largest absolute Gasteiger partial charge is 0.364 e. The number of carbonyl (C=O) groups is 2. The van der Waals surface area contributed by atoms with E-state index in [9.17, 15) is 22.4 Å². The zero-order valence-electron chi connectivity index (χ0n) is 19.5. The molecule has 0 atom stereocenters. The predicted molar refractivity (Wildman–Crippen MR) is 137 cm³/mol. The minimum absolute atomic E-state index is 0.0144. The third kappa shape index (κ3) is 4.49. The summed E-state index contributed by atoms with van der Waals surface area (Å²) in [5, 5.41) is 7.12.